The zero-order valence-corrected chi connectivity index (χ0v) is 43.6. The fourth-order valence-electron chi connectivity index (χ4n) is 8.37. The number of alkyl halides is 6. The number of ether oxygens (including phenoxy) is 2. The summed E-state index contributed by atoms with van der Waals surface area (Å²) in [6.45, 7) is 8.61. The molecule has 8 rings (SSSR count). The van der Waals surface area contributed by atoms with Crippen molar-refractivity contribution in [2.45, 2.75) is 89.3 Å². The van der Waals surface area contributed by atoms with Crippen molar-refractivity contribution < 1.29 is 73.4 Å². The maximum atomic E-state index is 14.8. The first-order chi connectivity index (χ1) is 35.7. The predicted molar refractivity (Wildman–Crippen MR) is 260 cm³/mol. The van der Waals surface area contributed by atoms with Crippen LogP contribution in [-0.2, 0) is 54.1 Å². The molecule has 4 aliphatic heterocycles. The van der Waals surface area contributed by atoms with E-state index in [4.69, 9.17) is 20.0 Å². The number of amides is 6. The van der Waals surface area contributed by atoms with E-state index in [9.17, 15) is 63.9 Å². The molecule has 1 N–H and O–H groups in total. The van der Waals surface area contributed by atoms with Gasteiger partial charge in [-0.2, -0.15) is 36.9 Å². The number of anilines is 1. The number of halogens is 9. The maximum absolute atomic E-state index is 14.8. The van der Waals surface area contributed by atoms with Gasteiger partial charge < -0.3 is 34.4 Å². The minimum atomic E-state index is -4.54. The minimum absolute atomic E-state index is 0.0282. The number of hydrogen-bond acceptors (Lipinski definition) is 10. The number of piperazine rings is 2. The molecule has 4 saturated heterocycles. The van der Waals surface area contributed by atoms with Crippen molar-refractivity contribution in [3.05, 3.63) is 134 Å². The van der Waals surface area contributed by atoms with Gasteiger partial charge in [0.05, 0.1) is 77.3 Å². The Hall–Kier alpha value is -7.80. The zero-order valence-electron chi connectivity index (χ0n) is 42.0. The first kappa shape index (κ1) is 58.5. The van der Waals surface area contributed by atoms with Crippen LogP contribution < -0.4 is 10.2 Å². The molecule has 0 aliphatic carbocycles. The van der Waals surface area contributed by atoms with Crippen molar-refractivity contribution in [2.24, 2.45) is 0 Å². The largest absolute Gasteiger partial charge is 0.444 e. The summed E-state index contributed by atoms with van der Waals surface area (Å²) in [5.41, 5.74) is -5.06. The SMILES string of the molecule is CC(C)(C)OC(=O)N1CC2(C1)C(=O)N(c1ccc(C#N)cc1F)CC(=O)N2Cc1ccc(C(F)(F)F)cc1.CC(C)(C)OC(=O)N1CC2(C1)C(=O)NCC(=O)N2Cc1ccc(C(F)(F)F)cc1.N#Cc1ccc(Br)c(F)c1. The van der Waals surface area contributed by atoms with Crippen molar-refractivity contribution in [3.8, 4) is 12.1 Å². The molecule has 2 spiro atoms. The van der Waals surface area contributed by atoms with E-state index in [1.165, 1.54) is 68.1 Å². The van der Waals surface area contributed by atoms with Crippen molar-refractivity contribution >= 4 is 57.4 Å². The van der Waals surface area contributed by atoms with E-state index in [1.54, 1.807) is 53.7 Å². The molecule has 4 fully saturated rings. The Labute approximate surface area is 444 Å². The Morgan fingerprint density at radius 2 is 1.04 bits per heavy atom. The average molecular weight is 1150 g/mol. The van der Waals surface area contributed by atoms with E-state index in [0.717, 1.165) is 35.2 Å². The number of carbonyl (C=O) groups excluding carboxylic acids is 6. The van der Waals surface area contributed by atoms with Crippen LogP contribution in [-0.4, -0.2) is 117 Å². The maximum Gasteiger partial charge on any atom is 0.416 e. The van der Waals surface area contributed by atoms with Crippen molar-refractivity contribution in [2.75, 3.05) is 44.2 Å². The van der Waals surface area contributed by atoms with Crippen LogP contribution in [0.15, 0.2) is 89.4 Å². The fourth-order valence-corrected chi connectivity index (χ4v) is 8.62. The van der Waals surface area contributed by atoms with Crippen LogP contribution in [0.2, 0.25) is 0 Å². The molecule has 77 heavy (non-hydrogen) atoms. The highest BCUT2D eigenvalue weighted by Gasteiger charge is 2.62. The van der Waals surface area contributed by atoms with Crippen LogP contribution in [0.1, 0.15) is 74.9 Å². The number of benzene rings is 4. The van der Waals surface area contributed by atoms with Crippen LogP contribution in [0.3, 0.4) is 0 Å². The third-order valence-corrected chi connectivity index (χ3v) is 12.8. The molecule has 6 amide bonds. The Morgan fingerprint density at radius 3 is 1.44 bits per heavy atom. The highest BCUT2D eigenvalue weighted by atomic mass is 79.9. The van der Waals surface area contributed by atoms with Gasteiger partial charge in [0.2, 0.25) is 17.7 Å². The number of hydrogen-bond donors (Lipinski definition) is 1. The van der Waals surface area contributed by atoms with Gasteiger partial charge >= 0.3 is 24.5 Å². The summed E-state index contributed by atoms with van der Waals surface area (Å²) >= 11 is 2.97. The van der Waals surface area contributed by atoms with E-state index in [-0.39, 0.29) is 63.0 Å². The molecule has 16 nitrogen and oxygen atoms in total. The molecule has 0 saturated carbocycles. The van der Waals surface area contributed by atoms with Gasteiger partial charge in [-0.1, -0.05) is 24.3 Å². The summed E-state index contributed by atoms with van der Waals surface area (Å²) in [7, 11) is 0. The predicted octanol–water partition coefficient (Wildman–Crippen LogP) is 8.69. The number of carbonyl (C=O) groups is 6. The second-order valence-electron chi connectivity index (χ2n) is 20.2. The molecule has 25 heteroatoms. The summed E-state index contributed by atoms with van der Waals surface area (Å²) in [5.74, 6) is -3.29. The summed E-state index contributed by atoms with van der Waals surface area (Å²) < 4.78 is 116. The molecule has 0 aromatic heterocycles. The molecule has 0 bridgehead atoms. The molecule has 4 aromatic carbocycles. The summed E-state index contributed by atoms with van der Waals surface area (Å²) in [4.78, 5) is 83.1. The Bertz CT molecular complexity index is 3030. The lowest BCUT2D eigenvalue weighted by molar-refractivity contribution is -0.166. The number of likely N-dealkylation sites (tertiary alicyclic amines) is 2. The zero-order chi connectivity index (χ0) is 57.2. The van der Waals surface area contributed by atoms with Crippen molar-refractivity contribution in [3.63, 3.8) is 0 Å². The Kier molecular flexibility index (Phi) is 16.7. The number of rotatable bonds is 5. The normalized spacial score (nSPS) is 16.9. The topological polar surface area (TPSA) is 197 Å². The number of nitrogens with zero attached hydrogens (tertiary/aromatic N) is 7. The molecule has 0 unspecified atom stereocenters. The first-order valence-electron chi connectivity index (χ1n) is 23.2. The van der Waals surface area contributed by atoms with Crippen LogP contribution in [0.25, 0.3) is 0 Å². The van der Waals surface area contributed by atoms with Gasteiger partial charge in [-0.15, -0.1) is 0 Å². The van der Waals surface area contributed by atoms with Crippen LogP contribution in [0.4, 0.5) is 50.4 Å². The highest BCUT2D eigenvalue weighted by molar-refractivity contribution is 9.10. The quantitative estimate of drug-likeness (QED) is 0.189. The number of nitrogens with one attached hydrogen (secondary N) is 1. The molecular formula is C52H49BrF8N8O8. The molecular weight excluding hydrogens is 1100 g/mol. The highest BCUT2D eigenvalue weighted by Crippen LogP contribution is 2.40. The molecule has 4 aromatic rings. The average Bonchev–Trinajstić information content (AvgIpc) is 3.31. The van der Waals surface area contributed by atoms with Gasteiger partial charge in [0, 0.05) is 13.1 Å². The van der Waals surface area contributed by atoms with Gasteiger partial charge in [0.15, 0.2) is 11.1 Å². The second kappa shape index (κ2) is 22.0. The minimum Gasteiger partial charge on any atom is -0.444 e. The standard InChI is InChI=1S/C26H24F4N4O4.C19H22F3N3O4.C7H3BrFN/c1-24(2,3)38-23(37)32-14-25(15-32)22(36)33(20-9-6-17(11-31)10-19(20)27)13-21(35)34(25)12-16-4-7-18(8-5-16)26(28,29)30;1-17(2,3)29-16(28)24-10-18(11-24)15(27)23-8-14(26)25(18)9-12-4-6-13(7-5-12)19(20,21)22;8-6-2-1-5(4-10)3-7(6)9/h4-10H,12-15H2,1-3H3;4-7H,8-11H2,1-3H3,(H,23,27);1-3H. The van der Waals surface area contributed by atoms with Gasteiger partial charge in [0.1, 0.15) is 29.4 Å². The van der Waals surface area contributed by atoms with Crippen molar-refractivity contribution in [1.82, 2.24) is 24.9 Å². The van der Waals surface area contributed by atoms with E-state index in [1.807, 2.05) is 6.07 Å². The molecule has 0 radical (unpaired) electrons. The van der Waals surface area contributed by atoms with Crippen LogP contribution in [0, 0.1) is 34.3 Å². The molecule has 4 heterocycles. The smallest absolute Gasteiger partial charge is 0.416 e. The number of nitriles is 2. The van der Waals surface area contributed by atoms with E-state index in [0.29, 0.717) is 21.2 Å². The van der Waals surface area contributed by atoms with E-state index in [2.05, 4.69) is 21.2 Å². The van der Waals surface area contributed by atoms with Crippen LogP contribution in [0.5, 0.6) is 0 Å². The lowest BCUT2D eigenvalue weighted by atomic mass is 9.83. The monoisotopic (exact) mass is 1140 g/mol. The van der Waals surface area contributed by atoms with E-state index >= 15 is 0 Å². The lowest BCUT2D eigenvalue weighted by Crippen LogP contribution is -2.81. The third kappa shape index (κ3) is 13.4. The van der Waals surface area contributed by atoms with Gasteiger partial charge in [-0.05, 0) is 129 Å². The van der Waals surface area contributed by atoms with Gasteiger partial charge in [-0.3, -0.25) is 24.1 Å². The Balaban J connectivity index is 0.000000216. The Morgan fingerprint density at radius 1 is 0.623 bits per heavy atom. The molecule has 408 valence electrons. The third-order valence-electron chi connectivity index (χ3n) is 12.2. The van der Waals surface area contributed by atoms with Gasteiger partial charge in [0.25, 0.3) is 5.91 Å². The van der Waals surface area contributed by atoms with Gasteiger partial charge in [-0.25, -0.2) is 18.4 Å². The molecule has 4 aliphatic rings. The van der Waals surface area contributed by atoms with Crippen molar-refractivity contribution in [1.29, 1.82) is 10.5 Å². The fraction of sp³-hybridized carbons (Fsp3) is 0.385. The summed E-state index contributed by atoms with van der Waals surface area (Å²) in [6, 6.07) is 20.0. The van der Waals surface area contributed by atoms with E-state index < -0.39 is 93.8 Å². The lowest BCUT2D eigenvalue weighted by Gasteiger charge is -2.57. The first-order valence-corrected chi connectivity index (χ1v) is 24.0. The second-order valence-corrected chi connectivity index (χ2v) is 21.0. The van der Waals surface area contributed by atoms with Crippen LogP contribution >= 0.6 is 15.9 Å². The summed E-state index contributed by atoms with van der Waals surface area (Å²) in [6.07, 6.45) is -10.3. The molecule has 0 atom stereocenters. The summed E-state index contributed by atoms with van der Waals surface area (Å²) in [5, 5.41) is 19.9.